The van der Waals surface area contributed by atoms with Crippen LogP contribution in [0.2, 0.25) is 0 Å². The van der Waals surface area contributed by atoms with E-state index in [9.17, 15) is 4.39 Å². The van der Waals surface area contributed by atoms with Gasteiger partial charge in [-0.3, -0.25) is 0 Å². The van der Waals surface area contributed by atoms with E-state index in [1.54, 1.807) is 12.1 Å². The van der Waals surface area contributed by atoms with Gasteiger partial charge >= 0.3 is 0 Å². The van der Waals surface area contributed by atoms with Crippen molar-refractivity contribution in [1.82, 2.24) is 5.32 Å². The molecule has 2 heterocycles. The van der Waals surface area contributed by atoms with E-state index in [-0.39, 0.29) is 5.82 Å². The van der Waals surface area contributed by atoms with Crippen LogP contribution in [0.15, 0.2) is 48.5 Å². The van der Waals surface area contributed by atoms with Gasteiger partial charge in [0.05, 0.1) is 0 Å². The maximum Gasteiger partial charge on any atom is 0.123 e. The summed E-state index contributed by atoms with van der Waals surface area (Å²) in [5, 5.41) is 3.51. The predicted octanol–water partition coefficient (Wildman–Crippen LogP) is 3.72. The van der Waals surface area contributed by atoms with Crippen molar-refractivity contribution in [2.45, 2.75) is 31.2 Å². The average Bonchev–Trinajstić information content (AvgIpc) is 3.47. The van der Waals surface area contributed by atoms with Crippen LogP contribution in [0.4, 0.5) is 10.1 Å². The first kappa shape index (κ1) is 14.7. The molecule has 120 valence electrons. The molecule has 1 N–H and O–H groups in total. The molecule has 0 bridgehead atoms. The van der Waals surface area contributed by atoms with Gasteiger partial charge in [-0.25, -0.2) is 4.39 Å². The maximum absolute atomic E-state index is 13.0. The summed E-state index contributed by atoms with van der Waals surface area (Å²) in [5.74, 6) is 0.438. The topological polar surface area (TPSA) is 25.0 Å². The summed E-state index contributed by atoms with van der Waals surface area (Å²) in [6, 6.07) is 16.4. The summed E-state index contributed by atoms with van der Waals surface area (Å²) in [6.07, 6.45) is 3.35. The first-order chi connectivity index (χ1) is 11.3. The van der Waals surface area contributed by atoms with Crippen molar-refractivity contribution in [2.24, 2.45) is 0 Å². The largest absolute Gasteiger partial charge is 0.368 e. The van der Waals surface area contributed by atoms with Crippen LogP contribution in [0.5, 0.6) is 0 Å². The van der Waals surface area contributed by atoms with Gasteiger partial charge < -0.3 is 10.2 Å². The highest BCUT2D eigenvalue weighted by Gasteiger charge is 2.34. The highest BCUT2D eigenvalue weighted by atomic mass is 19.1. The number of nitrogens with one attached hydrogen (secondary N) is 1. The Hall–Kier alpha value is -1.87. The molecule has 2 aromatic rings. The Bertz CT molecular complexity index is 660. The third-order valence-corrected chi connectivity index (χ3v) is 4.94. The maximum atomic E-state index is 13.0. The van der Waals surface area contributed by atoms with E-state index in [1.165, 1.54) is 36.3 Å². The van der Waals surface area contributed by atoms with Gasteiger partial charge in [0.1, 0.15) is 5.82 Å². The molecule has 23 heavy (non-hydrogen) atoms. The lowest BCUT2D eigenvalue weighted by Gasteiger charge is -2.20. The second-order valence-electron chi connectivity index (χ2n) is 6.69. The number of anilines is 1. The zero-order valence-electron chi connectivity index (χ0n) is 13.3. The molecule has 2 aliphatic heterocycles. The predicted molar refractivity (Wildman–Crippen MR) is 92.5 cm³/mol. The minimum Gasteiger partial charge on any atom is -0.368 e. The Kier molecular flexibility index (Phi) is 4.04. The van der Waals surface area contributed by atoms with Crippen molar-refractivity contribution in [3.8, 4) is 0 Å². The summed E-state index contributed by atoms with van der Waals surface area (Å²) >= 11 is 0. The molecule has 2 nitrogen and oxygen atoms in total. The van der Waals surface area contributed by atoms with E-state index in [1.807, 2.05) is 12.1 Å². The molecular formula is C20H23FN2. The fraction of sp³-hybridized carbons (Fsp3) is 0.400. The lowest BCUT2D eigenvalue weighted by molar-refractivity contribution is 0.580. The van der Waals surface area contributed by atoms with E-state index >= 15 is 0 Å². The van der Waals surface area contributed by atoms with Crippen LogP contribution >= 0.6 is 0 Å². The molecule has 0 aromatic heterocycles. The number of para-hydroxylation sites is 1. The smallest absolute Gasteiger partial charge is 0.123 e. The van der Waals surface area contributed by atoms with E-state index in [4.69, 9.17) is 0 Å². The Morgan fingerprint density at radius 3 is 2.52 bits per heavy atom. The SMILES string of the molecule is Fc1ccc(CCCC(c2ccccc2N2CC2)C2CN2)cc1. The lowest BCUT2D eigenvalue weighted by atomic mass is 9.88. The number of aryl methyl sites for hydroxylation is 1. The Labute approximate surface area is 137 Å². The molecule has 2 saturated heterocycles. The van der Waals surface area contributed by atoms with Gasteiger partial charge in [-0.05, 0) is 48.6 Å². The molecule has 3 heteroatoms. The first-order valence-corrected chi connectivity index (χ1v) is 8.63. The number of rotatable bonds is 7. The summed E-state index contributed by atoms with van der Waals surface area (Å²) in [7, 11) is 0. The summed E-state index contributed by atoms with van der Waals surface area (Å²) in [5.41, 5.74) is 4.15. The van der Waals surface area contributed by atoms with Crippen LogP contribution < -0.4 is 10.2 Å². The van der Waals surface area contributed by atoms with Crippen LogP contribution in [0.25, 0.3) is 0 Å². The molecule has 0 spiro atoms. The van der Waals surface area contributed by atoms with E-state index in [0.717, 1.165) is 19.4 Å². The molecule has 2 unspecified atom stereocenters. The number of hydrogen-bond donors (Lipinski definition) is 1. The molecule has 2 aliphatic rings. The minimum absolute atomic E-state index is 0.152. The van der Waals surface area contributed by atoms with Gasteiger partial charge in [-0.2, -0.15) is 0 Å². The third-order valence-electron chi connectivity index (χ3n) is 4.94. The third kappa shape index (κ3) is 3.56. The van der Waals surface area contributed by atoms with Gasteiger partial charge in [0.2, 0.25) is 0 Å². The molecule has 2 atom stereocenters. The monoisotopic (exact) mass is 310 g/mol. The summed E-state index contributed by atoms with van der Waals surface area (Å²) in [6.45, 7) is 3.52. The van der Waals surface area contributed by atoms with Crippen LogP contribution in [-0.4, -0.2) is 25.7 Å². The van der Waals surface area contributed by atoms with E-state index in [2.05, 4.69) is 34.5 Å². The molecule has 0 saturated carbocycles. The fourth-order valence-corrected chi connectivity index (χ4v) is 3.48. The fourth-order valence-electron chi connectivity index (χ4n) is 3.48. The normalized spacial score (nSPS) is 20.4. The van der Waals surface area contributed by atoms with E-state index in [0.29, 0.717) is 12.0 Å². The molecule has 0 amide bonds. The van der Waals surface area contributed by atoms with Crippen molar-refractivity contribution >= 4 is 5.69 Å². The highest BCUT2D eigenvalue weighted by Crippen LogP contribution is 2.37. The summed E-state index contributed by atoms with van der Waals surface area (Å²) < 4.78 is 13.0. The molecular weight excluding hydrogens is 287 g/mol. The van der Waals surface area contributed by atoms with Gasteiger partial charge in [0, 0.05) is 37.3 Å². The average molecular weight is 310 g/mol. The second-order valence-corrected chi connectivity index (χ2v) is 6.69. The van der Waals surface area contributed by atoms with Gasteiger partial charge in [-0.1, -0.05) is 30.3 Å². The minimum atomic E-state index is -0.152. The molecule has 0 radical (unpaired) electrons. The molecule has 0 aliphatic carbocycles. The quantitative estimate of drug-likeness (QED) is 0.788. The van der Waals surface area contributed by atoms with Crippen LogP contribution in [0.3, 0.4) is 0 Å². The first-order valence-electron chi connectivity index (χ1n) is 8.63. The van der Waals surface area contributed by atoms with Crippen molar-refractivity contribution in [3.63, 3.8) is 0 Å². The number of nitrogens with zero attached hydrogens (tertiary/aromatic N) is 1. The van der Waals surface area contributed by atoms with E-state index < -0.39 is 0 Å². The number of benzene rings is 2. The van der Waals surface area contributed by atoms with Crippen molar-refractivity contribution in [1.29, 1.82) is 0 Å². The Morgan fingerprint density at radius 2 is 1.83 bits per heavy atom. The zero-order chi connectivity index (χ0) is 15.6. The van der Waals surface area contributed by atoms with Gasteiger partial charge in [0.25, 0.3) is 0 Å². The summed E-state index contributed by atoms with van der Waals surface area (Å²) in [4.78, 5) is 2.45. The van der Waals surface area contributed by atoms with Gasteiger partial charge in [0.15, 0.2) is 0 Å². The van der Waals surface area contributed by atoms with Gasteiger partial charge in [-0.15, -0.1) is 0 Å². The van der Waals surface area contributed by atoms with Crippen LogP contribution in [0, 0.1) is 5.82 Å². The second kappa shape index (κ2) is 6.32. The van der Waals surface area contributed by atoms with Crippen molar-refractivity contribution in [2.75, 3.05) is 24.5 Å². The number of hydrogen-bond acceptors (Lipinski definition) is 2. The van der Waals surface area contributed by atoms with Crippen LogP contribution in [0.1, 0.15) is 29.9 Å². The Morgan fingerprint density at radius 1 is 1.09 bits per heavy atom. The highest BCUT2D eigenvalue weighted by molar-refractivity contribution is 5.59. The van der Waals surface area contributed by atoms with Crippen molar-refractivity contribution in [3.05, 3.63) is 65.5 Å². The van der Waals surface area contributed by atoms with Crippen LogP contribution in [-0.2, 0) is 6.42 Å². The van der Waals surface area contributed by atoms with Crippen molar-refractivity contribution < 1.29 is 4.39 Å². The Balaban J connectivity index is 1.43. The molecule has 2 fully saturated rings. The number of halogens is 1. The zero-order valence-corrected chi connectivity index (χ0v) is 13.3. The molecule has 4 rings (SSSR count). The lowest BCUT2D eigenvalue weighted by Crippen LogP contribution is -2.12. The standard InChI is InChI=1S/C20H23FN2/c21-16-10-8-15(9-11-16)4-3-6-17(19-14-22-19)18-5-1-2-7-20(18)23-12-13-23/h1-2,5,7-11,17,19,22H,3-4,6,12-14H2. The molecule has 2 aromatic carbocycles.